The van der Waals surface area contributed by atoms with Crippen molar-refractivity contribution in [2.24, 2.45) is 0 Å². The Hall–Kier alpha value is -2.17. The average Bonchev–Trinajstić information content (AvgIpc) is 2.94. The van der Waals surface area contributed by atoms with Crippen molar-refractivity contribution in [3.8, 4) is 6.07 Å². The summed E-state index contributed by atoms with van der Waals surface area (Å²) in [5.74, 6) is 1.08. The van der Waals surface area contributed by atoms with Crippen molar-refractivity contribution in [1.82, 2.24) is 15.0 Å². The van der Waals surface area contributed by atoms with Crippen LogP contribution in [0, 0.1) is 11.3 Å². The summed E-state index contributed by atoms with van der Waals surface area (Å²) < 4.78 is 0. The van der Waals surface area contributed by atoms with Crippen LogP contribution in [0.25, 0.3) is 10.2 Å². The molecule has 3 aromatic rings. The summed E-state index contributed by atoms with van der Waals surface area (Å²) in [6.45, 7) is 0. The van der Waals surface area contributed by atoms with E-state index in [9.17, 15) is 0 Å². The zero-order valence-electron chi connectivity index (χ0n) is 10.3. The highest BCUT2D eigenvalue weighted by Gasteiger charge is 2.09. The number of pyridine rings is 1. The van der Waals surface area contributed by atoms with Gasteiger partial charge in [-0.1, -0.05) is 17.8 Å². The Kier molecular flexibility index (Phi) is 3.50. The molecule has 5 nitrogen and oxygen atoms in total. The fraction of sp³-hybridized carbons (Fsp3) is 0.0769. The normalized spacial score (nSPS) is 10.6. The summed E-state index contributed by atoms with van der Waals surface area (Å²) >= 11 is 2.98. The Morgan fingerprint density at radius 2 is 2.25 bits per heavy atom. The summed E-state index contributed by atoms with van der Waals surface area (Å²) in [5, 5.41) is 12.4. The van der Waals surface area contributed by atoms with E-state index < -0.39 is 0 Å². The number of rotatable bonds is 3. The monoisotopic (exact) mass is 299 g/mol. The number of nitriles is 1. The minimum Gasteiger partial charge on any atom is -0.383 e. The van der Waals surface area contributed by atoms with E-state index >= 15 is 0 Å². The molecule has 3 heterocycles. The summed E-state index contributed by atoms with van der Waals surface area (Å²) in [6.07, 6.45) is 1.61. The first kappa shape index (κ1) is 12.8. The molecule has 3 rings (SSSR count). The highest BCUT2D eigenvalue weighted by Crippen LogP contribution is 2.28. The molecule has 0 spiro atoms. The minimum atomic E-state index is 0.435. The molecule has 0 atom stereocenters. The molecule has 0 aliphatic heterocycles. The molecule has 0 radical (unpaired) electrons. The van der Waals surface area contributed by atoms with Crippen LogP contribution in [0.2, 0.25) is 0 Å². The van der Waals surface area contributed by atoms with Gasteiger partial charge >= 0.3 is 0 Å². The molecule has 0 aromatic carbocycles. The van der Waals surface area contributed by atoms with E-state index in [2.05, 4.69) is 21.0 Å². The molecule has 0 unspecified atom stereocenters. The lowest BCUT2D eigenvalue weighted by Crippen LogP contribution is -1.96. The van der Waals surface area contributed by atoms with Gasteiger partial charge in [0.25, 0.3) is 0 Å². The number of nitrogens with two attached hydrogens (primary N) is 1. The Morgan fingerprint density at radius 3 is 3.10 bits per heavy atom. The third-order valence-corrected chi connectivity index (χ3v) is 4.39. The fourth-order valence-corrected chi connectivity index (χ4v) is 3.39. The summed E-state index contributed by atoms with van der Waals surface area (Å²) in [6, 6.07) is 7.69. The van der Waals surface area contributed by atoms with Crippen molar-refractivity contribution < 1.29 is 0 Å². The molecule has 0 saturated heterocycles. The van der Waals surface area contributed by atoms with Crippen molar-refractivity contribution in [2.75, 3.05) is 5.73 Å². The van der Waals surface area contributed by atoms with Crippen LogP contribution in [0.3, 0.4) is 0 Å². The lowest BCUT2D eigenvalue weighted by Gasteiger charge is -2.03. The van der Waals surface area contributed by atoms with Crippen LogP contribution in [0.1, 0.15) is 11.3 Å². The molecular weight excluding hydrogens is 290 g/mol. The van der Waals surface area contributed by atoms with Gasteiger partial charge in [-0.15, -0.1) is 11.3 Å². The molecule has 2 N–H and O–H groups in total. The first-order valence-corrected chi connectivity index (χ1v) is 7.62. The van der Waals surface area contributed by atoms with Gasteiger partial charge in [-0.2, -0.15) is 5.26 Å². The largest absolute Gasteiger partial charge is 0.383 e. The molecule has 0 amide bonds. The van der Waals surface area contributed by atoms with Crippen molar-refractivity contribution in [1.29, 1.82) is 5.26 Å². The standard InChI is InChI=1S/C13H9N5S2/c14-6-10-8(2-1-4-16-10)7-20-13-17-11(15)9-3-5-19-12(9)18-13/h1-5H,7H2,(H2,15,17,18). The minimum absolute atomic E-state index is 0.435. The molecular formula is C13H9N5S2. The third kappa shape index (κ3) is 2.43. The Balaban J connectivity index is 1.85. The number of anilines is 1. The van der Waals surface area contributed by atoms with Gasteiger partial charge in [-0.25, -0.2) is 15.0 Å². The van der Waals surface area contributed by atoms with E-state index in [1.807, 2.05) is 23.6 Å². The summed E-state index contributed by atoms with van der Waals surface area (Å²) in [4.78, 5) is 13.6. The lowest BCUT2D eigenvalue weighted by molar-refractivity contribution is 1.02. The van der Waals surface area contributed by atoms with E-state index in [1.165, 1.54) is 23.1 Å². The molecule has 7 heteroatoms. The number of hydrogen-bond acceptors (Lipinski definition) is 7. The topological polar surface area (TPSA) is 88.5 Å². The van der Waals surface area contributed by atoms with Gasteiger partial charge in [-0.05, 0) is 23.1 Å². The van der Waals surface area contributed by atoms with E-state index in [0.717, 1.165) is 15.8 Å². The molecule has 98 valence electrons. The number of hydrogen-bond donors (Lipinski definition) is 1. The van der Waals surface area contributed by atoms with Gasteiger partial charge in [0.15, 0.2) is 5.16 Å². The predicted octanol–water partition coefficient (Wildman–Crippen LogP) is 2.83. The molecule has 0 fully saturated rings. The van der Waals surface area contributed by atoms with Crippen LogP contribution in [0.5, 0.6) is 0 Å². The van der Waals surface area contributed by atoms with Gasteiger partial charge in [0.2, 0.25) is 0 Å². The second-order valence-corrected chi connectivity index (χ2v) is 5.78. The molecule has 20 heavy (non-hydrogen) atoms. The number of thioether (sulfide) groups is 1. The van der Waals surface area contributed by atoms with E-state index in [4.69, 9.17) is 11.0 Å². The lowest BCUT2D eigenvalue weighted by atomic mass is 10.2. The summed E-state index contributed by atoms with van der Waals surface area (Å²) in [7, 11) is 0. The molecule has 3 aromatic heterocycles. The number of nitrogen functional groups attached to an aromatic ring is 1. The van der Waals surface area contributed by atoms with Crippen molar-refractivity contribution >= 4 is 39.1 Å². The Morgan fingerprint density at radius 1 is 1.35 bits per heavy atom. The van der Waals surface area contributed by atoms with Gasteiger partial charge in [-0.3, -0.25) is 0 Å². The van der Waals surface area contributed by atoms with E-state index in [0.29, 0.717) is 22.4 Å². The van der Waals surface area contributed by atoms with E-state index in [-0.39, 0.29) is 0 Å². The average molecular weight is 299 g/mol. The number of nitrogens with zero attached hydrogens (tertiary/aromatic N) is 4. The Labute approximate surface area is 123 Å². The summed E-state index contributed by atoms with van der Waals surface area (Å²) in [5.41, 5.74) is 7.21. The third-order valence-electron chi connectivity index (χ3n) is 2.69. The zero-order valence-corrected chi connectivity index (χ0v) is 11.9. The van der Waals surface area contributed by atoms with Crippen LogP contribution >= 0.6 is 23.1 Å². The second kappa shape index (κ2) is 5.45. The maximum atomic E-state index is 9.00. The van der Waals surface area contributed by atoms with Crippen LogP contribution in [-0.2, 0) is 5.75 Å². The maximum Gasteiger partial charge on any atom is 0.191 e. The van der Waals surface area contributed by atoms with Crippen LogP contribution in [0.4, 0.5) is 5.82 Å². The van der Waals surface area contributed by atoms with Crippen molar-refractivity contribution in [2.45, 2.75) is 10.9 Å². The predicted molar refractivity (Wildman–Crippen MR) is 80.3 cm³/mol. The molecule has 0 bridgehead atoms. The van der Waals surface area contributed by atoms with Crippen LogP contribution in [0.15, 0.2) is 34.9 Å². The fourth-order valence-electron chi connectivity index (χ4n) is 1.72. The zero-order chi connectivity index (χ0) is 13.9. The highest BCUT2D eigenvalue weighted by molar-refractivity contribution is 7.98. The van der Waals surface area contributed by atoms with Crippen LogP contribution < -0.4 is 5.73 Å². The van der Waals surface area contributed by atoms with Gasteiger partial charge in [0, 0.05) is 11.9 Å². The Bertz CT molecular complexity index is 806. The first-order valence-electron chi connectivity index (χ1n) is 5.75. The van der Waals surface area contributed by atoms with Gasteiger partial charge in [0.05, 0.1) is 5.39 Å². The molecule has 0 aliphatic rings. The SMILES string of the molecule is N#Cc1ncccc1CSc1nc(N)c2ccsc2n1. The van der Waals surface area contributed by atoms with Crippen molar-refractivity contribution in [3.05, 3.63) is 41.0 Å². The van der Waals surface area contributed by atoms with Crippen LogP contribution in [-0.4, -0.2) is 15.0 Å². The molecule has 0 aliphatic carbocycles. The maximum absolute atomic E-state index is 9.00. The molecule has 0 saturated carbocycles. The van der Waals surface area contributed by atoms with Crippen molar-refractivity contribution in [3.63, 3.8) is 0 Å². The number of thiophene rings is 1. The van der Waals surface area contributed by atoms with Gasteiger partial charge in [0.1, 0.15) is 22.4 Å². The second-order valence-electron chi connectivity index (χ2n) is 3.94. The smallest absolute Gasteiger partial charge is 0.191 e. The van der Waals surface area contributed by atoms with E-state index in [1.54, 1.807) is 6.20 Å². The van der Waals surface area contributed by atoms with Gasteiger partial charge < -0.3 is 5.73 Å². The highest BCUT2D eigenvalue weighted by atomic mass is 32.2. The number of aromatic nitrogens is 3. The first-order chi connectivity index (χ1) is 9.78. The quantitative estimate of drug-likeness (QED) is 0.591. The number of fused-ring (bicyclic) bond motifs is 1.